The van der Waals surface area contributed by atoms with Gasteiger partial charge in [0.15, 0.2) is 0 Å². The summed E-state index contributed by atoms with van der Waals surface area (Å²) in [6.07, 6.45) is 1.09. The third-order valence-electron chi connectivity index (χ3n) is 4.16. The number of piperidine rings is 1. The molecule has 2 aromatic rings. The monoisotopic (exact) mass is 330 g/mol. The molecule has 0 bridgehead atoms. The van der Waals surface area contributed by atoms with Crippen molar-refractivity contribution in [3.8, 4) is 11.5 Å². The van der Waals surface area contributed by atoms with Crippen molar-refractivity contribution in [1.82, 2.24) is 14.7 Å². The highest BCUT2D eigenvalue weighted by Gasteiger charge is 2.26. The summed E-state index contributed by atoms with van der Waals surface area (Å²) in [4.78, 5) is 37.0. The van der Waals surface area contributed by atoms with Crippen LogP contribution in [0.15, 0.2) is 39.5 Å². The van der Waals surface area contributed by atoms with E-state index in [0.29, 0.717) is 31.5 Å². The van der Waals surface area contributed by atoms with E-state index in [1.807, 2.05) is 18.2 Å². The Bertz CT molecular complexity index is 788. The van der Waals surface area contributed by atoms with Gasteiger partial charge in [0, 0.05) is 24.6 Å². The summed E-state index contributed by atoms with van der Waals surface area (Å²) in [5.41, 5.74) is 5.95. The van der Waals surface area contributed by atoms with Crippen molar-refractivity contribution in [2.45, 2.75) is 19.4 Å². The third kappa shape index (κ3) is 3.37. The molecule has 0 unspecified atom stereocenters. The van der Waals surface area contributed by atoms with Gasteiger partial charge >= 0.3 is 5.76 Å². The summed E-state index contributed by atoms with van der Waals surface area (Å²) in [7, 11) is 0. The van der Waals surface area contributed by atoms with Crippen LogP contribution in [0.2, 0.25) is 0 Å². The largest absolute Gasteiger partial charge is 0.437 e. The number of rotatable bonds is 4. The molecule has 2 amide bonds. The molecule has 3 rings (SSSR count). The molecule has 24 heavy (non-hydrogen) atoms. The van der Waals surface area contributed by atoms with Crippen molar-refractivity contribution in [1.29, 1.82) is 0 Å². The maximum atomic E-state index is 12.3. The van der Waals surface area contributed by atoms with Crippen molar-refractivity contribution >= 4 is 11.8 Å². The van der Waals surface area contributed by atoms with Gasteiger partial charge < -0.3 is 15.1 Å². The fourth-order valence-corrected chi connectivity index (χ4v) is 2.75. The van der Waals surface area contributed by atoms with Gasteiger partial charge in [-0.2, -0.15) is 4.68 Å². The number of aromatic nitrogens is 2. The number of likely N-dealkylation sites (tertiary alicyclic amines) is 1. The van der Waals surface area contributed by atoms with Gasteiger partial charge in [-0.05, 0) is 25.0 Å². The minimum Gasteiger partial charge on any atom is -0.388 e. The highest BCUT2D eigenvalue weighted by atomic mass is 16.4. The van der Waals surface area contributed by atoms with Crippen LogP contribution < -0.4 is 11.5 Å². The fourth-order valence-electron chi connectivity index (χ4n) is 2.75. The molecule has 126 valence electrons. The van der Waals surface area contributed by atoms with Crippen LogP contribution in [0.5, 0.6) is 0 Å². The molecule has 1 aliphatic rings. The second kappa shape index (κ2) is 6.69. The van der Waals surface area contributed by atoms with Crippen LogP contribution in [-0.4, -0.2) is 39.6 Å². The zero-order chi connectivity index (χ0) is 17.1. The second-order valence-corrected chi connectivity index (χ2v) is 5.75. The molecular formula is C16H18N4O4. The first-order chi connectivity index (χ1) is 11.5. The van der Waals surface area contributed by atoms with E-state index in [2.05, 4.69) is 5.10 Å². The predicted octanol–water partition coefficient (Wildman–Crippen LogP) is 0.227. The third-order valence-corrected chi connectivity index (χ3v) is 4.16. The highest BCUT2D eigenvalue weighted by molar-refractivity contribution is 5.78. The first kappa shape index (κ1) is 16.0. The molecule has 1 saturated heterocycles. The molecular weight excluding hydrogens is 312 g/mol. The number of primary amides is 1. The predicted molar refractivity (Wildman–Crippen MR) is 84.7 cm³/mol. The Hall–Kier alpha value is -2.90. The molecule has 8 nitrogen and oxygen atoms in total. The van der Waals surface area contributed by atoms with Gasteiger partial charge in [-0.3, -0.25) is 9.59 Å². The van der Waals surface area contributed by atoms with Gasteiger partial charge in [-0.1, -0.05) is 18.2 Å². The summed E-state index contributed by atoms with van der Waals surface area (Å²) >= 11 is 0. The van der Waals surface area contributed by atoms with Crippen LogP contribution in [0.1, 0.15) is 12.8 Å². The number of nitrogens with two attached hydrogens (primary N) is 1. The molecule has 0 atom stereocenters. The van der Waals surface area contributed by atoms with E-state index in [1.54, 1.807) is 17.0 Å². The molecule has 1 aromatic heterocycles. The topological polar surface area (TPSA) is 111 Å². The van der Waals surface area contributed by atoms with Crippen LogP contribution in [-0.2, 0) is 16.1 Å². The lowest BCUT2D eigenvalue weighted by Gasteiger charge is -2.30. The Morgan fingerprint density at radius 2 is 1.88 bits per heavy atom. The van der Waals surface area contributed by atoms with Crippen molar-refractivity contribution in [3.63, 3.8) is 0 Å². The van der Waals surface area contributed by atoms with Crippen LogP contribution in [0, 0.1) is 5.92 Å². The van der Waals surface area contributed by atoms with Gasteiger partial charge in [0.1, 0.15) is 6.54 Å². The zero-order valence-electron chi connectivity index (χ0n) is 13.1. The van der Waals surface area contributed by atoms with E-state index in [0.717, 1.165) is 4.68 Å². The van der Waals surface area contributed by atoms with Crippen LogP contribution in [0.3, 0.4) is 0 Å². The van der Waals surface area contributed by atoms with E-state index in [4.69, 9.17) is 10.2 Å². The average Bonchev–Trinajstić information content (AvgIpc) is 2.96. The molecule has 0 saturated carbocycles. The summed E-state index contributed by atoms with van der Waals surface area (Å²) in [5.74, 6) is -1.24. The molecule has 1 aromatic carbocycles. The smallest absolute Gasteiger partial charge is 0.388 e. The number of benzene rings is 1. The van der Waals surface area contributed by atoms with Crippen molar-refractivity contribution < 1.29 is 14.0 Å². The lowest BCUT2D eigenvalue weighted by Crippen LogP contribution is -2.43. The molecule has 1 aliphatic heterocycles. The van der Waals surface area contributed by atoms with Gasteiger partial charge in [0.2, 0.25) is 17.7 Å². The molecule has 2 heterocycles. The summed E-state index contributed by atoms with van der Waals surface area (Å²) in [6.45, 7) is 0.714. The number of amides is 2. The van der Waals surface area contributed by atoms with E-state index in [1.165, 1.54) is 0 Å². The number of carbonyl (C=O) groups excluding carboxylic acids is 2. The number of hydrogen-bond acceptors (Lipinski definition) is 5. The van der Waals surface area contributed by atoms with Crippen molar-refractivity contribution in [2.75, 3.05) is 13.1 Å². The van der Waals surface area contributed by atoms with Gasteiger partial charge in [-0.25, -0.2) is 4.79 Å². The molecule has 0 radical (unpaired) electrons. The quantitative estimate of drug-likeness (QED) is 0.862. The van der Waals surface area contributed by atoms with Gasteiger partial charge in [0.05, 0.1) is 0 Å². The Labute approximate surface area is 137 Å². The average molecular weight is 330 g/mol. The van der Waals surface area contributed by atoms with Crippen LogP contribution in [0.25, 0.3) is 11.5 Å². The second-order valence-electron chi connectivity index (χ2n) is 5.75. The number of nitrogens with zero attached hydrogens (tertiary/aromatic N) is 3. The minimum absolute atomic E-state index is 0.181. The molecule has 1 fully saturated rings. The number of hydrogen-bond donors (Lipinski definition) is 1. The zero-order valence-corrected chi connectivity index (χ0v) is 13.1. The SMILES string of the molecule is NC(=O)C1CCN(C(=O)Cn2nc(-c3ccccc3)oc2=O)CC1. The lowest BCUT2D eigenvalue weighted by atomic mass is 9.96. The molecule has 0 spiro atoms. The normalized spacial score (nSPS) is 15.4. The maximum absolute atomic E-state index is 12.3. The minimum atomic E-state index is -0.672. The standard InChI is InChI=1S/C16H18N4O4/c17-14(22)11-6-8-19(9-7-11)13(21)10-20-16(23)24-15(18-20)12-4-2-1-3-5-12/h1-5,11H,6-10H2,(H2,17,22). The first-order valence-electron chi connectivity index (χ1n) is 7.75. The van der Waals surface area contributed by atoms with Crippen LogP contribution >= 0.6 is 0 Å². The summed E-state index contributed by atoms with van der Waals surface area (Å²) in [6, 6.07) is 9.00. The lowest BCUT2D eigenvalue weighted by molar-refractivity contribution is -0.135. The molecule has 0 aliphatic carbocycles. The number of carbonyl (C=O) groups is 2. The van der Waals surface area contributed by atoms with E-state index in [9.17, 15) is 14.4 Å². The van der Waals surface area contributed by atoms with Crippen molar-refractivity contribution in [3.05, 3.63) is 40.9 Å². The van der Waals surface area contributed by atoms with Crippen LogP contribution in [0.4, 0.5) is 0 Å². The Balaban J connectivity index is 1.66. The highest BCUT2D eigenvalue weighted by Crippen LogP contribution is 2.17. The van der Waals surface area contributed by atoms with Gasteiger partial charge in [-0.15, -0.1) is 5.10 Å². The molecule has 2 N–H and O–H groups in total. The summed E-state index contributed by atoms with van der Waals surface area (Å²) < 4.78 is 6.12. The first-order valence-corrected chi connectivity index (χ1v) is 7.75. The molecule has 8 heteroatoms. The van der Waals surface area contributed by atoms with E-state index < -0.39 is 5.76 Å². The maximum Gasteiger partial charge on any atom is 0.437 e. The Morgan fingerprint density at radius 3 is 2.50 bits per heavy atom. The summed E-state index contributed by atoms with van der Waals surface area (Å²) in [5, 5.41) is 4.07. The Morgan fingerprint density at radius 1 is 1.21 bits per heavy atom. The van der Waals surface area contributed by atoms with E-state index >= 15 is 0 Å². The van der Waals surface area contributed by atoms with Gasteiger partial charge in [0.25, 0.3) is 0 Å². The fraction of sp³-hybridized carbons (Fsp3) is 0.375. The van der Waals surface area contributed by atoms with E-state index in [-0.39, 0.29) is 30.2 Å². The van der Waals surface area contributed by atoms with Crippen molar-refractivity contribution in [2.24, 2.45) is 11.7 Å². The Kier molecular flexibility index (Phi) is 4.45.